The maximum Gasteiger partial charge on any atom is 0.340 e. The Morgan fingerprint density at radius 2 is 1.79 bits per heavy atom. The average molecular weight is 426 g/mol. The van der Waals surface area contributed by atoms with E-state index in [4.69, 9.17) is 27.9 Å². The molecule has 0 saturated heterocycles. The number of carbonyl (C=O) groups excluding carboxylic acids is 3. The van der Waals surface area contributed by atoms with E-state index in [1.165, 1.54) is 11.9 Å². The smallest absolute Gasteiger partial charge is 0.340 e. The Kier molecular flexibility index (Phi) is 7.10. The second kappa shape index (κ2) is 9.12. The van der Waals surface area contributed by atoms with Crippen molar-refractivity contribution in [2.24, 2.45) is 0 Å². The van der Waals surface area contributed by atoms with Crippen LogP contribution < -0.4 is 5.32 Å². The number of anilines is 1. The summed E-state index contributed by atoms with van der Waals surface area (Å²) in [6, 6.07) is 4.85. The number of likely N-dealkylation sites (N-methyl/N-ethyl adjacent to an activating group) is 1. The minimum absolute atomic E-state index is 0.228. The molecule has 150 valence electrons. The fraction of sp³-hybridized carbons (Fsp3) is 0.316. The minimum Gasteiger partial charge on any atom is -0.462 e. The van der Waals surface area contributed by atoms with Gasteiger partial charge in [0.05, 0.1) is 34.4 Å². The van der Waals surface area contributed by atoms with Crippen LogP contribution in [0.15, 0.2) is 18.2 Å². The zero-order valence-corrected chi connectivity index (χ0v) is 17.5. The van der Waals surface area contributed by atoms with Gasteiger partial charge in [-0.25, -0.2) is 4.79 Å². The zero-order chi connectivity index (χ0) is 21.0. The highest BCUT2D eigenvalue weighted by Gasteiger charge is 2.25. The molecule has 7 nitrogen and oxygen atoms in total. The molecule has 0 aliphatic rings. The Morgan fingerprint density at radius 3 is 2.36 bits per heavy atom. The highest BCUT2D eigenvalue weighted by molar-refractivity contribution is 6.39. The molecular weight excluding hydrogens is 405 g/mol. The summed E-state index contributed by atoms with van der Waals surface area (Å²) in [4.78, 5) is 41.3. The fourth-order valence-electron chi connectivity index (χ4n) is 2.75. The third kappa shape index (κ3) is 4.66. The van der Waals surface area contributed by atoms with Crippen LogP contribution in [0.1, 0.15) is 39.0 Å². The van der Waals surface area contributed by atoms with Crippen LogP contribution in [0.4, 0.5) is 5.69 Å². The summed E-state index contributed by atoms with van der Waals surface area (Å²) in [5.41, 5.74) is 1.84. The molecule has 1 aromatic carbocycles. The number of H-pyrrole nitrogens is 1. The van der Waals surface area contributed by atoms with Crippen LogP contribution in [-0.2, 0) is 9.53 Å². The highest BCUT2D eigenvalue weighted by Crippen LogP contribution is 2.29. The lowest BCUT2D eigenvalue weighted by molar-refractivity contribution is -0.116. The summed E-state index contributed by atoms with van der Waals surface area (Å²) >= 11 is 12.1. The van der Waals surface area contributed by atoms with Crippen LogP contribution in [0.5, 0.6) is 0 Å². The lowest BCUT2D eigenvalue weighted by Gasteiger charge is -2.17. The van der Waals surface area contributed by atoms with E-state index in [1.807, 2.05) is 0 Å². The number of hydrogen-bond acceptors (Lipinski definition) is 4. The third-order valence-corrected chi connectivity index (χ3v) is 4.72. The van der Waals surface area contributed by atoms with Crippen LogP contribution in [0.3, 0.4) is 0 Å². The zero-order valence-electron chi connectivity index (χ0n) is 16.0. The largest absolute Gasteiger partial charge is 0.462 e. The number of amides is 2. The first kappa shape index (κ1) is 21.8. The molecule has 0 atom stereocenters. The predicted octanol–water partition coefficient (Wildman–Crippen LogP) is 3.83. The molecule has 0 saturated carbocycles. The number of nitrogens with zero attached hydrogens (tertiary/aromatic N) is 1. The van der Waals surface area contributed by atoms with E-state index in [0.717, 1.165) is 0 Å². The molecule has 0 radical (unpaired) electrons. The van der Waals surface area contributed by atoms with Gasteiger partial charge >= 0.3 is 5.97 Å². The van der Waals surface area contributed by atoms with E-state index in [0.29, 0.717) is 26.9 Å². The van der Waals surface area contributed by atoms with Crippen molar-refractivity contribution in [3.05, 3.63) is 50.8 Å². The Labute approximate surface area is 172 Å². The summed E-state index contributed by atoms with van der Waals surface area (Å²) < 4.78 is 5.02. The number of aromatic nitrogens is 1. The molecule has 2 amide bonds. The Morgan fingerprint density at radius 1 is 1.18 bits per heavy atom. The number of rotatable bonds is 6. The van der Waals surface area contributed by atoms with Crippen molar-refractivity contribution in [3.63, 3.8) is 0 Å². The molecule has 2 rings (SSSR count). The molecule has 1 aromatic heterocycles. The molecule has 1 heterocycles. The molecule has 0 fully saturated rings. The number of benzene rings is 1. The molecule has 28 heavy (non-hydrogen) atoms. The van der Waals surface area contributed by atoms with Crippen LogP contribution in [0, 0.1) is 13.8 Å². The van der Waals surface area contributed by atoms with Crippen molar-refractivity contribution in [2.75, 3.05) is 25.5 Å². The van der Waals surface area contributed by atoms with E-state index in [-0.39, 0.29) is 24.5 Å². The first-order chi connectivity index (χ1) is 13.2. The van der Waals surface area contributed by atoms with Gasteiger partial charge in [0.15, 0.2) is 0 Å². The quantitative estimate of drug-likeness (QED) is 0.687. The summed E-state index contributed by atoms with van der Waals surface area (Å²) in [5.74, 6) is -1.39. The molecule has 0 unspecified atom stereocenters. The van der Waals surface area contributed by atoms with Crippen molar-refractivity contribution >= 4 is 46.7 Å². The van der Waals surface area contributed by atoms with Crippen LogP contribution in [-0.4, -0.2) is 47.9 Å². The van der Waals surface area contributed by atoms with Crippen molar-refractivity contribution in [2.45, 2.75) is 20.8 Å². The molecule has 2 N–H and O–H groups in total. The van der Waals surface area contributed by atoms with Gasteiger partial charge in [-0.15, -0.1) is 0 Å². The van der Waals surface area contributed by atoms with Gasteiger partial charge in [0.1, 0.15) is 5.69 Å². The monoisotopic (exact) mass is 425 g/mol. The van der Waals surface area contributed by atoms with Crippen LogP contribution in [0.2, 0.25) is 10.0 Å². The SMILES string of the molecule is CCOC(=O)c1c(C)[nH]c(C(=O)N(C)CC(=O)Nc2c(Cl)cccc2Cl)c1C. The van der Waals surface area contributed by atoms with E-state index in [2.05, 4.69) is 10.3 Å². The third-order valence-electron chi connectivity index (χ3n) is 4.09. The average Bonchev–Trinajstić information content (AvgIpc) is 2.92. The van der Waals surface area contributed by atoms with E-state index in [9.17, 15) is 14.4 Å². The summed E-state index contributed by atoms with van der Waals surface area (Å²) in [7, 11) is 1.48. The highest BCUT2D eigenvalue weighted by atomic mass is 35.5. The Hall–Kier alpha value is -2.51. The maximum atomic E-state index is 12.7. The van der Waals surface area contributed by atoms with Crippen molar-refractivity contribution in [1.82, 2.24) is 9.88 Å². The fourth-order valence-corrected chi connectivity index (χ4v) is 3.24. The summed E-state index contributed by atoms with van der Waals surface area (Å²) in [6.07, 6.45) is 0. The molecule has 2 aromatic rings. The van der Waals surface area contributed by atoms with Gasteiger partial charge in [0.25, 0.3) is 5.91 Å². The van der Waals surface area contributed by atoms with Gasteiger partial charge in [-0.2, -0.15) is 0 Å². The molecule has 0 bridgehead atoms. The number of hydrogen-bond donors (Lipinski definition) is 2. The lowest BCUT2D eigenvalue weighted by Crippen LogP contribution is -2.35. The van der Waals surface area contributed by atoms with Crippen molar-refractivity contribution in [1.29, 1.82) is 0 Å². The Bertz CT molecular complexity index is 904. The normalized spacial score (nSPS) is 10.5. The van der Waals surface area contributed by atoms with Gasteiger partial charge in [-0.1, -0.05) is 29.3 Å². The van der Waals surface area contributed by atoms with Gasteiger partial charge < -0.3 is 19.9 Å². The molecule has 9 heteroatoms. The Balaban J connectivity index is 2.14. The van der Waals surface area contributed by atoms with Crippen LogP contribution in [0.25, 0.3) is 0 Å². The first-order valence-corrected chi connectivity index (χ1v) is 9.28. The number of nitrogens with one attached hydrogen (secondary N) is 2. The topological polar surface area (TPSA) is 91.5 Å². The van der Waals surface area contributed by atoms with Gasteiger partial charge in [-0.3, -0.25) is 9.59 Å². The standard InChI is InChI=1S/C19H21Cl2N3O4/c1-5-28-19(27)15-10(2)16(22-11(15)3)18(26)24(4)9-14(25)23-17-12(20)7-6-8-13(17)21/h6-8,22H,5,9H2,1-4H3,(H,23,25). The number of ether oxygens (including phenoxy) is 1. The van der Waals surface area contributed by atoms with E-state index in [1.54, 1.807) is 39.0 Å². The van der Waals surface area contributed by atoms with E-state index < -0.39 is 17.8 Å². The van der Waals surface area contributed by atoms with Crippen molar-refractivity contribution < 1.29 is 19.1 Å². The van der Waals surface area contributed by atoms with Crippen molar-refractivity contribution in [3.8, 4) is 0 Å². The summed E-state index contributed by atoms with van der Waals surface area (Å²) in [6.45, 7) is 5.05. The number of aryl methyl sites for hydroxylation is 1. The molecule has 0 aliphatic heterocycles. The predicted molar refractivity (Wildman–Crippen MR) is 108 cm³/mol. The van der Waals surface area contributed by atoms with Gasteiger partial charge in [-0.05, 0) is 38.5 Å². The maximum absolute atomic E-state index is 12.7. The second-order valence-corrected chi connectivity index (χ2v) is 6.97. The van der Waals surface area contributed by atoms with Crippen LogP contribution >= 0.6 is 23.2 Å². The van der Waals surface area contributed by atoms with Gasteiger partial charge in [0, 0.05) is 12.7 Å². The molecule has 0 spiro atoms. The molecular formula is C19H21Cl2N3O4. The lowest BCUT2D eigenvalue weighted by atomic mass is 10.1. The number of para-hydroxylation sites is 1. The number of aromatic amines is 1. The minimum atomic E-state index is -0.499. The first-order valence-electron chi connectivity index (χ1n) is 8.52. The second-order valence-electron chi connectivity index (χ2n) is 6.15. The number of esters is 1. The van der Waals surface area contributed by atoms with E-state index >= 15 is 0 Å². The number of halogens is 2. The van der Waals surface area contributed by atoms with Gasteiger partial charge in [0.2, 0.25) is 5.91 Å². The number of carbonyl (C=O) groups is 3. The molecule has 0 aliphatic carbocycles. The summed E-state index contributed by atoms with van der Waals surface area (Å²) in [5, 5.41) is 3.19.